The molecule has 1 rings (SSSR count). The fourth-order valence-electron chi connectivity index (χ4n) is 2.08. The molecule has 0 fully saturated rings. The molecule has 19 heavy (non-hydrogen) atoms. The highest BCUT2D eigenvalue weighted by atomic mass is 79.9. The molecule has 0 bridgehead atoms. The number of rotatable bonds is 9. The van der Waals surface area contributed by atoms with Crippen molar-refractivity contribution in [2.24, 2.45) is 0 Å². The third-order valence-electron chi connectivity index (χ3n) is 3.26. The highest BCUT2D eigenvalue weighted by Crippen LogP contribution is 2.06. The molecule has 2 nitrogen and oxygen atoms in total. The zero-order valence-corrected chi connectivity index (χ0v) is 13.4. The average molecular weight is 326 g/mol. The molecule has 106 valence electrons. The number of amides is 1. The SMILES string of the molecule is CCCCCCN(CCc1ccccc1)C(=O)CBr. The van der Waals surface area contributed by atoms with Crippen LogP contribution in [0.1, 0.15) is 38.2 Å². The van der Waals surface area contributed by atoms with Gasteiger partial charge in [-0.3, -0.25) is 4.79 Å². The van der Waals surface area contributed by atoms with Crippen LogP contribution in [0.2, 0.25) is 0 Å². The summed E-state index contributed by atoms with van der Waals surface area (Å²) in [5.74, 6) is 0.201. The predicted octanol–water partition coefficient (Wildman–Crippen LogP) is 4.03. The Morgan fingerprint density at radius 1 is 1.11 bits per heavy atom. The number of carbonyl (C=O) groups excluding carboxylic acids is 1. The first kappa shape index (κ1) is 16.2. The maximum atomic E-state index is 11.9. The molecule has 0 aliphatic heterocycles. The van der Waals surface area contributed by atoms with E-state index in [9.17, 15) is 4.79 Å². The summed E-state index contributed by atoms with van der Waals surface area (Å²) in [7, 11) is 0. The number of nitrogens with zero attached hydrogens (tertiary/aromatic N) is 1. The summed E-state index contributed by atoms with van der Waals surface area (Å²) < 4.78 is 0. The van der Waals surface area contributed by atoms with Gasteiger partial charge in [0.1, 0.15) is 0 Å². The number of hydrogen-bond donors (Lipinski definition) is 0. The van der Waals surface area contributed by atoms with E-state index in [0.29, 0.717) is 5.33 Å². The van der Waals surface area contributed by atoms with Crippen LogP contribution in [0, 0.1) is 0 Å². The Hall–Kier alpha value is -0.830. The highest BCUT2D eigenvalue weighted by Gasteiger charge is 2.11. The Bertz CT molecular complexity index is 353. The molecule has 1 aromatic carbocycles. The molecule has 0 heterocycles. The summed E-state index contributed by atoms with van der Waals surface area (Å²) in [5, 5.41) is 0.426. The first-order chi connectivity index (χ1) is 9.27. The summed E-state index contributed by atoms with van der Waals surface area (Å²) in [6, 6.07) is 10.4. The van der Waals surface area contributed by atoms with Crippen LogP contribution >= 0.6 is 15.9 Å². The molecule has 0 saturated carbocycles. The van der Waals surface area contributed by atoms with Gasteiger partial charge < -0.3 is 4.90 Å². The molecule has 0 spiro atoms. The van der Waals surface area contributed by atoms with Gasteiger partial charge in [0.15, 0.2) is 0 Å². The van der Waals surface area contributed by atoms with Crippen LogP contribution in [0.5, 0.6) is 0 Å². The van der Waals surface area contributed by atoms with E-state index in [4.69, 9.17) is 0 Å². The van der Waals surface area contributed by atoms with Crippen LogP contribution in [0.25, 0.3) is 0 Å². The van der Waals surface area contributed by atoms with E-state index in [0.717, 1.165) is 25.9 Å². The molecule has 0 atom stereocenters. The second-order valence-electron chi connectivity index (χ2n) is 4.81. The molecule has 0 unspecified atom stereocenters. The minimum atomic E-state index is 0.201. The van der Waals surface area contributed by atoms with E-state index in [1.807, 2.05) is 23.1 Å². The number of carbonyl (C=O) groups is 1. The second kappa shape index (κ2) is 10.0. The largest absolute Gasteiger partial charge is 0.342 e. The predicted molar refractivity (Wildman–Crippen MR) is 84.7 cm³/mol. The molecule has 1 amide bonds. The van der Waals surface area contributed by atoms with Crippen molar-refractivity contribution in [1.29, 1.82) is 0 Å². The molecule has 0 saturated heterocycles. The smallest absolute Gasteiger partial charge is 0.233 e. The standard InChI is InChI=1S/C16H24BrNO/c1-2-3-4-8-12-18(16(19)14-17)13-11-15-9-6-5-7-10-15/h5-7,9-10H,2-4,8,11-14H2,1H3. The Morgan fingerprint density at radius 3 is 2.47 bits per heavy atom. The van der Waals surface area contributed by atoms with Crippen LogP contribution in [0.15, 0.2) is 30.3 Å². The summed E-state index contributed by atoms with van der Waals surface area (Å²) in [4.78, 5) is 13.9. The lowest BCUT2D eigenvalue weighted by Gasteiger charge is -2.22. The summed E-state index contributed by atoms with van der Waals surface area (Å²) in [6.45, 7) is 3.91. The Balaban J connectivity index is 2.39. The maximum absolute atomic E-state index is 11.9. The first-order valence-electron chi connectivity index (χ1n) is 7.15. The lowest BCUT2D eigenvalue weighted by molar-refractivity contribution is -0.128. The van der Waals surface area contributed by atoms with Crippen LogP contribution in [-0.2, 0) is 11.2 Å². The van der Waals surface area contributed by atoms with Gasteiger partial charge in [0.25, 0.3) is 0 Å². The number of benzene rings is 1. The third-order valence-corrected chi connectivity index (χ3v) is 3.74. The zero-order valence-electron chi connectivity index (χ0n) is 11.8. The van der Waals surface area contributed by atoms with Crippen molar-refractivity contribution in [3.8, 4) is 0 Å². The van der Waals surface area contributed by atoms with E-state index in [-0.39, 0.29) is 5.91 Å². The average Bonchev–Trinajstić information content (AvgIpc) is 2.47. The molecule has 0 radical (unpaired) electrons. The van der Waals surface area contributed by atoms with Crippen molar-refractivity contribution in [2.75, 3.05) is 18.4 Å². The number of unbranched alkanes of at least 4 members (excludes halogenated alkanes) is 3. The summed E-state index contributed by atoms with van der Waals surface area (Å²) in [6.07, 6.45) is 5.76. The number of hydrogen-bond acceptors (Lipinski definition) is 1. The van der Waals surface area contributed by atoms with Gasteiger partial charge in [-0.1, -0.05) is 72.4 Å². The molecular weight excluding hydrogens is 302 g/mol. The normalized spacial score (nSPS) is 10.4. The Morgan fingerprint density at radius 2 is 1.84 bits per heavy atom. The van der Waals surface area contributed by atoms with Gasteiger partial charge in [0.2, 0.25) is 5.91 Å². The van der Waals surface area contributed by atoms with E-state index in [1.165, 1.54) is 24.8 Å². The fourth-order valence-corrected chi connectivity index (χ4v) is 2.44. The zero-order chi connectivity index (χ0) is 13.9. The fraction of sp³-hybridized carbons (Fsp3) is 0.562. The van der Waals surface area contributed by atoms with Gasteiger partial charge >= 0.3 is 0 Å². The van der Waals surface area contributed by atoms with Gasteiger partial charge in [-0.05, 0) is 18.4 Å². The van der Waals surface area contributed by atoms with Crippen molar-refractivity contribution in [3.05, 3.63) is 35.9 Å². The van der Waals surface area contributed by atoms with Crippen molar-refractivity contribution >= 4 is 21.8 Å². The van der Waals surface area contributed by atoms with Crippen molar-refractivity contribution in [2.45, 2.75) is 39.0 Å². The van der Waals surface area contributed by atoms with Crippen molar-refractivity contribution in [3.63, 3.8) is 0 Å². The number of alkyl halides is 1. The summed E-state index contributed by atoms with van der Waals surface area (Å²) in [5.41, 5.74) is 1.29. The van der Waals surface area contributed by atoms with Gasteiger partial charge in [-0.15, -0.1) is 0 Å². The lowest BCUT2D eigenvalue weighted by Crippen LogP contribution is -2.34. The second-order valence-corrected chi connectivity index (χ2v) is 5.37. The summed E-state index contributed by atoms with van der Waals surface area (Å²) >= 11 is 3.27. The van der Waals surface area contributed by atoms with Gasteiger partial charge in [0.05, 0.1) is 5.33 Å². The van der Waals surface area contributed by atoms with Crippen LogP contribution in [0.4, 0.5) is 0 Å². The topological polar surface area (TPSA) is 20.3 Å². The number of halogens is 1. The van der Waals surface area contributed by atoms with Crippen molar-refractivity contribution < 1.29 is 4.79 Å². The van der Waals surface area contributed by atoms with Gasteiger partial charge in [0, 0.05) is 13.1 Å². The Kier molecular flexibility index (Phi) is 8.55. The van der Waals surface area contributed by atoms with E-state index < -0.39 is 0 Å². The van der Waals surface area contributed by atoms with Crippen LogP contribution < -0.4 is 0 Å². The third kappa shape index (κ3) is 6.76. The molecular formula is C16H24BrNO. The molecule has 3 heteroatoms. The van der Waals surface area contributed by atoms with Crippen LogP contribution in [0.3, 0.4) is 0 Å². The van der Waals surface area contributed by atoms with E-state index >= 15 is 0 Å². The molecule has 0 aliphatic rings. The molecule has 0 N–H and O–H groups in total. The first-order valence-corrected chi connectivity index (χ1v) is 8.27. The van der Waals surface area contributed by atoms with E-state index in [1.54, 1.807) is 0 Å². The maximum Gasteiger partial charge on any atom is 0.233 e. The minimum Gasteiger partial charge on any atom is -0.342 e. The lowest BCUT2D eigenvalue weighted by atomic mass is 10.1. The molecule has 0 aliphatic carbocycles. The van der Waals surface area contributed by atoms with Gasteiger partial charge in [-0.25, -0.2) is 0 Å². The monoisotopic (exact) mass is 325 g/mol. The molecule has 1 aromatic rings. The van der Waals surface area contributed by atoms with Gasteiger partial charge in [-0.2, -0.15) is 0 Å². The minimum absolute atomic E-state index is 0.201. The Labute approximate surface area is 125 Å². The van der Waals surface area contributed by atoms with Crippen LogP contribution in [-0.4, -0.2) is 29.2 Å². The van der Waals surface area contributed by atoms with E-state index in [2.05, 4.69) is 35.0 Å². The highest BCUT2D eigenvalue weighted by molar-refractivity contribution is 9.09. The van der Waals surface area contributed by atoms with Crippen molar-refractivity contribution in [1.82, 2.24) is 4.90 Å². The molecule has 0 aromatic heterocycles. The quantitative estimate of drug-likeness (QED) is 0.495.